The molecule has 1 atom stereocenters. The molecule has 0 aromatic heterocycles. The highest BCUT2D eigenvalue weighted by Gasteiger charge is 2.30. The first-order valence-corrected chi connectivity index (χ1v) is 8.95. The largest absolute Gasteiger partial charge is 0.507 e. The van der Waals surface area contributed by atoms with E-state index in [0.29, 0.717) is 19.5 Å². The summed E-state index contributed by atoms with van der Waals surface area (Å²) in [5.41, 5.74) is 2.41. The van der Waals surface area contributed by atoms with Gasteiger partial charge in [-0.3, -0.25) is 9.59 Å². The molecule has 5 heteroatoms. The van der Waals surface area contributed by atoms with Crippen LogP contribution >= 0.6 is 0 Å². The number of nitrogens with zero attached hydrogens (tertiary/aromatic N) is 1. The van der Waals surface area contributed by atoms with E-state index in [2.05, 4.69) is 17.4 Å². The molecule has 136 valence electrons. The smallest absolute Gasteiger partial charge is 0.255 e. The standard InChI is InChI=1S/C21H24N2O3/c1-15-9-10-19(24)18(12-15)21(26)22-17-13-20(25)23(14-17)11-5-8-16-6-3-2-4-7-16/h2-4,6-7,9-10,12,17,24H,5,8,11,13-14H2,1H3,(H,22,26)/t17-/m0/s1. The molecule has 2 N–H and O–H groups in total. The molecule has 2 aromatic carbocycles. The topological polar surface area (TPSA) is 69.6 Å². The number of benzene rings is 2. The average Bonchev–Trinajstić information content (AvgIpc) is 2.97. The van der Waals surface area contributed by atoms with Crippen LogP contribution in [0.15, 0.2) is 48.5 Å². The summed E-state index contributed by atoms with van der Waals surface area (Å²) in [5.74, 6) is -0.316. The lowest BCUT2D eigenvalue weighted by Crippen LogP contribution is -2.37. The first-order valence-electron chi connectivity index (χ1n) is 8.95. The van der Waals surface area contributed by atoms with Crippen LogP contribution in [0.5, 0.6) is 5.75 Å². The Morgan fingerprint density at radius 2 is 2.00 bits per heavy atom. The van der Waals surface area contributed by atoms with Gasteiger partial charge in [0.1, 0.15) is 5.75 Å². The maximum Gasteiger partial charge on any atom is 0.255 e. The van der Waals surface area contributed by atoms with E-state index in [1.165, 1.54) is 11.6 Å². The number of rotatable bonds is 6. The fourth-order valence-electron chi connectivity index (χ4n) is 3.30. The molecule has 1 aliphatic rings. The molecule has 0 radical (unpaired) electrons. The van der Waals surface area contributed by atoms with E-state index in [9.17, 15) is 14.7 Å². The van der Waals surface area contributed by atoms with Gasteiger partial charge in [-0.2, -0.15) is 0 Å². The first kappa shape index (κ1) is 18.0. The van der Waals surface area contributed by atoms with Crippen molar-refractivity contribution in [3.05, 3.63) is 65.2 Å². The van der Waals surface area contributed by atoms with Gasteiger partial charge in [0, 0.05) is 19.5 Å². The molecule has 0 spiro atoms. The Balaban J connectivity index is 1.51. The number of phenols is 1. The fourth-order valence-corrected chi connectivity index (χ4v) is 3.30. The van der Waals surface area contributed by atoms with Gasteiger partial charge in [0.2, 0.25) is 5.91 Å². The van der Waals surface area contributed by atoms with E-state index in [-0.39, 0.29) is 29.2 Å². The highest BCUT2D eigenvalue weighted by atomic mass is 16.3. The van der Waals surface area contributed by atoms with Crippen molar-refractivity contribution < 1.29 is 14.7 Å². The van der Waals surface area contributed by atoms with Crippen LogP contribution in [0.3, 0.4) is 0 Å². The second kappa shape index (κ2) is 8.04. The molecule has 3 rings (SSSR count). The van der Waals surface area contributed by atoms with Crippen molar-refractivity contribution in [3.63, 3.8) is 0 Å². The third-order valence-electron chi connectivity index (χ3n) is 4.68. The Labute approximate surface area is 153 Å². The summed E-state index contributed by atoms with van der Waals surface area (Å²) in [6.07, 6.45) is 2.14. The van der Waals surface area contributed by atoms with E-state index in [4.69, 9.17) is 0 Å². The van der Waals surface area contributed by atoms with Gasteiger partial charge in [-0.05, 0) is 37.5 Å². The molecule has 1 saturated heterocycles. The average molecular weight is 352 g/mol. The predicted octanol–water partition coefficient (Wildman–Crippen LogP) is 2.66. The third-order valence-corrected chi connectivity index (χ3v) is 4.68. The van der Waals surface area contributed by atoms with Crippen LogP contribution in [0.4, 0.5) is 0 Å². The maximum absolute atomic E-state index is 12.4. The van der Waals surface area contributed by atoms with Crippen LogP contribution in [0.2, 0.25) is 0 Å². The quantitative estimate of drug-likeness (QED) is 0.840. The second-order valence-electron chi connectivity index (χ2n) is 6.82. The molecule has 0 saturated carbocycles. The number of aromatic hydroxyl groups is 1. The van der Waals surface area contributed by atoms with Crippen LogP contribution in [-0.2, 0) is 11.2 Å². The van der Waals surface area contributed by atoms with Crippen molar-refractivity contribution in [2.75, 3.05) is 13.1 Å². The van der Waals surface area contributed by atoms with Gasteiger partial charge in [-0.25, -0.2) is 0 Å². The molecule has 5 nitrogen and oxygen atoms in total. The molecule has 0 bridgehead atoms. The molecule has 2 amide bonds. The fraction of sp³-hybridized carbons (Fsp3) is 0.333. The Kier molecular flexibility index (Phi) is 5.56. The molecular formula is C21H24N2O3. The van der Waals surface area contributed by atoms with Crippen LogP contribution < -0.4 is 5.32 Å². The van der Waals surface area contributed by atoms with Crippen LogP contribution in [0, 0.1) is 6.92 Å². The van der Waals surface area contributed by atoms with E-state index in [0.717, 1.165) is 18.4 Å². The summed E-state index contributed by atoms with van der Waals surface area (Å²) in [6, 6.07) is 14.9. The highest BCUT2D eigenvalue weighted by Crippen LogP contribution is 2.19. The first-order chi connectivity index (χ1) is 12.5. The monoisotopic (exact) mass is 352 g/mol. The summed E-state index contributed by atoms with van der Waals surface area (Å²) in [4.78, 5) is 26.4. The Bertz CT molecular complexity index is 789. The minimum atomic E-state index is -0.338. The van der Waals surface area contributed by atoms with Crippen molar-refractivity contribution in [2.24, 2.45) is 0 Å². The lowest BCUT2D eigenvalue weighted by atomic mass is 10.1. The van der Waals surface area contributed by atoms with E-state index in [1.54, 1.807) is 12.1 Å². The van der Waals surface area contributed by atoms with Gasteiger partial charge >= 0.3 is 0 Å². The summed E-state index contributed by atoms with van der Waals surface area (Å²) in [6.45, 7) is 3.07. The normalized spacial score (nSPS) is 16.7. The molecule has 1 aliphatic heterocycles. The number of likely N-dealkylation sites (tertiary alicyclic amines) is 1. The summed E-state index contributed by atoms with van der Waals surface area (Å²) >= 11 is 0. The Morgan fingerprint density at radius 1 is 1.23 bits per heavy atom. The SMILES string of the molecule is Cc1ccc(O)c(C(=O)N[C@H]2CC(=O)N(CCCc3ccccc3)C2)c1. The van der Waals surface area contributed by atoms with Crippen molar-refractivity contribution >= 4 is 11.8 Å². The zero-order valence-corrected chi connectivity index (χ0v) is 14.9. The molecular weight excluding hydrogens is 328 g/mol. The minimum absolute atomic E-state index is 0.0443. The van der Waals surface area contributed by atoms with E-state index >= 15 is 0 Å². The van der Waals surface area contributed by atoms with Gasteiger partial charge in [0.05, 0.1) is 11.6 Å². The zero-order valence-electron chi connectivity index (χ0n) is 14.9. The number of amides is 2. The number of carbonyl (C=O) groups is 2. The summed E-state index contributed by atoms with van der Waals surface area (Å²) < 4.78 is 0. The van der Waals surface area contributed by atoms with Crippen molar-refractivity contribution in [2.45, 2.75) is 32.2 Å². The van der Waals surface area contributed by atoms with Crippen molar-refractivity contribution in [3.8, 4) is 5.75 Å². The van der Waals surface area contributed by atoms with Gasteiger partial charge in [0.15, 0.2) is 0 Å². The predicted molar refractivity (Wildman–Crippen MR) is 100 cm³/mol. The number of carbonyl (C=O) groups excluding carboxylic acids is 2. The maximum atomic E-state index is 12.4. The molecule has 0 unspecified atom stereocenters. The zero-order chi connectivity index (χ0) is 18.5. The number of phenolic OH excluding ortho intramolecular Hbond substituents is 1. The lowest BCUT2D eigenvalue weighted by Gasteiger charge is -2.17. The summed E-state index contributed by atoms with van der Waals surface area (Å²) in [7, 11) is 0. The number of nitrogens with one attached hydrogen (secondary N) is 1. The van der Waals surface area contributed by atoms with Crippen molar-refractivity contribution in [1.29, 1.82) is 0 Å². The Morgan fingerprint density at radius 3 is 2.77 bits per heavy atom. The molecule has 0 aliphatic carbocycles. The van der Waals surface area contributed by atoms with Crippen LogP contribution in [0.1, 0.15) is 34.3 Å². The lowest BCUT2D eigenvalue weighted by molar-refractivity contribution is -0.127. The van der Waals surface area contributed by atoms with Gasteiger partial charge < -0.3 is 15.3 Å². The molecule has 2 aromatic rings. The number of hydrogen-bond donors (Lipinski definition) is 2. The van der Waals surface area contributed by atoms with E-state index < -0.39 is 0 Å². The third kappa shape index (κ3) is 4.42. The van der Waals surface area contributed by atoms with Gasteiger partial charge in [0.25, 0.3) is 5.91 Å². The highest BCUT2D eigenvalue weighted by molar-refractivity contribution is 5.97. The van der Waals surface area contributed by atoms with Gasteiger partial charge in [-0.1, -0.05) is 42.0 Å². The summed E-state index contributed by atoms with van der Waals surface area (Å²) in [5, 5.41) is 12.7. The number of hydrogen-bond acceptors (Lipinski definition) is 3. The van der Waals surface area contributed by atoms with Crippen LogP contribution in [-0.4, -0.2) is 41.0 Å². The number of aryl methyl sites for hydroxylation is 2. The molecule has 1 fully saturated rings. The van der Waals surface area contributed by atoms with Gasteiger partial charge in [-0.15, -0.1) is 0 Å². The molecule has 26 heavy (non-hydrogen) atoms. The van der Waals surface area contributed by atoms with Crippen molar-refractivity contribution in [1.82, 2.24) is 10.2 Å². The van der Waals surface area contributed by atoms with E-state index in [1.807, 2.05) is 30.0 Å². The van der Waals surface area contributed by atoms with Crippen LogP contribution in [0.25, 0.3) is 0 Å². The minimum Gasteiger partial charge on any atom is -0.507 e. The molecule has 1 heterocycles. The second-order valence-corrected chi connectivity index (χ2v) is 6.82. The Hall–Kier alpha value is -2.82.